The molecular weight excluding hydrogens is 248 g/mol. The summed E-state index contributed by atoms with van der Waals surface area (Å²) in [6.45, 7) is 16.5. The van der Waals surface area contributed by atoms with Crippen LogP contribution in [0.15, 0.2) is 0 Å². The molecule has 0 saturated carbocycles. The van der Waals surface area contributed by atoms with Crippen molar-refractivity contribution in [2.45, 2.75) is 85.8 Å². The maximum atomic E-state index is 4.97. The minimum absolute atomic E-state index is 0.563. The van der Waals surface area contributed by atoms with E-state index in [2.05, 4.69) is 48.5 Å². The smallest absolute Gasteiger partial charge is 0.00731 e. The first-order valence-electron chi connectivity index (χ1n) is 8.53. The van der Waals surface area contributed by atoms with Gasteiger partial charge in [0.05, 0.1) is 0 Å². The fourth-order valence-corrected chi connectivity index (χ4v) is 3.69. The normalized spacial score (nSPS) is 18.6. The highest BCUT2D eigenvalue weighted by atomic mass is 32.1. The van der Waals surface area contributed by atoms with Gasteiger partial charge in [-0.05, 0) is 36.0 Å². The van der Waals surface area contributed by atoms with Crippen LogP contribution in [0.4, 0.5) is 0 Å². The average Bonchev–Trinajstić information content (AvgIpc) is 2.36. The van der Waals surface area contributed by atoms with Crippen molar-refractivity contribution in [3.05, 3.63) is 0 Å². The molecule has 4 atom stereocenters. The summed E-state index contributed by atoms with van der Waals surface area (Å²) in [5.74, 6) is 3.94. The number of rotatable bonds is 10. The molecule has 0 N–H and O–H groups in total. The second kappa shape index (κ2) is 10.1. The Morgan fingerprint density at radius 3 is 1.84 bits per heavy atom. The van der Waals surface area contributed by atoms with E-state index in [-0.39, 0.29) is 0 Å². The maximum Gasteiger partial charge on any atom is 0.00731 e. The minimum atomic E-state index is 0.563. The summed E-state index contributed by atoms with van der Waals surface area (Å²) in [6, 6.07) is 0. The number of hydrogen-bond acceptors (Lipinski definition) is 1. The van der Waals surface area contributed by atoms with Crippen molar-refractivity contribution < 1.29 is 0 Å². The lowest BCUT2D eigenvalue weighted by Crippen LogP contribution is -2.30. The molecule has 0 heterocycles. The predicted molar refractivity (Wildman–Crippen MR) is 93.0 cm³/mol. The lowest BCUT2D eigenvalue weighted by atomic mass is 9.75. The third-order valence-electron chi connectivity index (χ3n) is 4.97. The average molecular weight is 287 g/mol. The van der Waals surface area contributed by atoms with Gasteiger partial charge in [0.2, 0.25) is 0 Å². The topological polar surface area (TPSA) is 0 Å². The van der Waals surface area contributed by atoms with Crippen molar-refractivity contribution in [1.82, 2.24) is 0 Å². The van der Waals surface area contributed by atoms with Crippen molar-refractivity contribution in [3.63, 3.8) is 0 Å². The second-order valence-corrected chi connectivity index (χ2v) is 7.76. The van der Waals surface area contributed by atoms with Crippen LogP contribution in [-0.4, -0.2) is 5.25 Å². The highest BCUT2D eigenvalue weighted by Gasteiger charge is 2.28. The van der Waals surface area contributed by atoms with Crippen molar-refractivity contribution in [3.8, 4) is 0 Å². The van der Waals surface area contributed by atoms with Gasteiger partial charge in [0.1, 0.15) is 0 Å². The quantitative estimate of drug-likeness (QED) is 0.438. The second-order valence-electron chi connectivity index (χ2n) is 7.17. The summed E-state index contributed by atoms with van der Waals surface area (Å²) in [5.41, 5.74) is 0. The van der Waals surface area contributed by atoms with Gasteiger partial charge in [-0.25, -0.2) is 0 Å². The van der Waals surface area contributed by atoms with E-state index in [0.717, 1.165) is 29.6 Å². The molecule has 0 aliphatic rings. The van der Waals surface area contributed by atoms with Crippen molar-refractivity contribution in [2.24, 2.45) is 29.6 Å². The highest BCUT2D eigenvalue weighted by Crippen LogP contribution is 2.36. The Balaban J connectivity index is 4.68. The van der Waals surface area contributed by atoms with E-state index in [1.165, 1.54) is 32.1 Å². The molecule has 0 saturated heterocycles. The monoisotopic (exact) mass is 286 g/mol. The molecule has 1 heteroatoms. The number of thiol groups is 1. The van der Waals surface area contributed by atoms with Gasteiger partial charge in [-0.3, -0.25) is 0 Å². The molecule has 0 radical (unpaired) electrons. The third kappa shape index (κ3) is 7.06. The summed E-state index contributed by atoms with van der Waals surface area (Å²) in [4.78, 5) is 0. The van der Waals surface area contributed by atoms with E-state index >= 15 is 0 Å². The zero-order chi connectivity index (χ0) is 15.0. The van der Waals surface area contributed by atoms with Crippen LogP contribution in [0, 0.1) is 29.6 Å². The molecule has 0 amide bonds. The molecule has 0 rings (SSSR count). The molecule has 116 valence electrons. The molecule has 0 aliphatic carbocycles. The molecule has 0 aromatic rings. The molecule has 0 aromatic carbocycles. The fraction of sp³-hybridized carbons (Fsp3) is 1.00. The van der Waals surface area contributed by atoms with Crippen LogP contribution >= 0.6 is 12.6 Å². The van der Waals surface area contributed by atoms with Gasteiger partial charge < -0.3 is 0 Å². The van der Waals surface area contributed by atoms with Gasteiger partial charge in [0.15, 0.2) is 0 Å². The van der Waals surface area contributed by atoms with E-state index in [9.17, 15) is 0 Å². The molecule has 0 aromatic heterocycles. The van der Waals surface area contributed by atoms with Crippen molar-refractivity contribution in [1.29, 1.82) is 0 Å². The van der Waals surface area contributed by atoms with Gasteiger partial charge >= 0.3 is 0 Å². The predicted octanol–water partition coefficient (Wildman–Crippen LogP) is 6.46. The molecule has 19 heavy (non-hydrogen) atoms. The summed E-state index contributed by atoms with van der Waals surface area (Å²) in [5, 5.41) is 0.563. The van der Waals surface area contributed by atoms with E-state index in [0.29, 0.717) is 5.25 Å². The van der Waals surface area contributed by atoms with Gasteiger partial charge in [-0.15, -0.1) is 0 Å². The van der Waals surface area contributed by atoms with Crippen molar-refractivity contribution >= 4 is 12.6 Å². The zero-order valence-corrected chi connectivity index (χ0v) is 15.3. The minimum Gasteiger partial charge on any atom is -0.175 e. The lowest BCUT2D eigenvalue weighted by molar-refractivity contribution is 0.213. The molecule has 4 unspecified atom stereocenters. The van der Waals surface area contributed by atoms with E-state index in [1.807, 2.05) is 0 Å². The van der Waals surface area contributed by atoms with Crippen LogP contribution in [0.25, 0.3) is 0 Å². The van der Waals surface area contributed by atoms with Gasteiger partial charge in [-0.2, -0.15) is 12.6 Å². The van der Waals surface area contributed by atoms with Crippen molar-refractivity contribution in [2.75, 3.05) is 0 Å². The standard InChI is InChI=1S/C18H38S/c1-8-10-11-16(13(3)4)12-17(14(5)6)18(19)15(7)9-2/h13-19H,8-12H2,1-7H3. The zero-order valence-electron chi connectivity index (χ0n) is 14.4. The first-order chi connectivity index (χ1) is 8.84. The van der Waals surface area contributed by atoms with Gasteiger partial charge in [0.25, 0.3) is 0 Å². The van der Waals surface area contributed by atoms with Crippen LogP contribution in [0.1, 0.15) is 80.6 Å². The Bertz CT molecular complexity index is 210. The Morgan fingerprint density at radius 1 is 0.895 bits per heavy atom. The summed E-state index contributed by atoms with van der Waals surface area (Å²) < 4.78 is 0. The first-order valence-corrected chi connectivity index (χ1v) is 9.04. The lowest BCUT2D eigenvalue weighted by Gasteiger charge is -2.35. The van der Waals surface area contributed by atoms with E-state index in [4.69, 9.17) is 12.6 Å². The largest absolute Gasteiger partial charge is 0.175 e. The molecular formula is C18H38S. The molecule has 0 spiro atoms. The summed E-state index contributed by atoms with van der Waals surface area (Å²) in [6.07, 6.45) is 6.73. The molecule has 0 nitrogen and oxygen atoms in total. The Hall–Kier alpha value is 0.350. The van der Waals surface area contributed by atoms with Gasteiger partial charge in [-0.1, -0.05) is 74.1 Å². The Kier molecular flexibility index (Phi) is 10.3. The van der Waals surface area contributed by atoms with E-state index in [1.54, 1.807) is 0 Å². The van der Waals surface area contributed by atoms with Crippen LogP contribution in [-0.2, 0) is 0 Å². The summed E-state index contributed by atoms with van der Waals surface area (Å²) in [7, 11) is 0. The Labute approximate surface area is 128 Å². The van der Waals surface area contributed by atoms with Crippen LogP contribution < -0.4 is 0 Å². The van der Waals surface area contributed by atoms with Crippen LogP contribution in [0.5, 0.6) is 0 Å². The summed E-state index contributed by atoms with van der Waals surface area (Å²) >= 11 is 4.97. The molecule has 0 fully saturated rings. The van der Waals surface area contributed by atoms with Gasteiger partial charge in [0, 0.05) is 5.25 Å². The SMILES string of the molecule is CCCCC(CC(C(C)C)C(S)C(C)CC)C(C)C. The molecule has 0 bridgehead atoms. The van der Waals surface area contributed by atoms with E-state index < -0.39 is 0 Å². The highest BCUT2D eigenvalue weighted by molar-refractivity contribution is 7.81. The Morgan fingerprint density at radius 2 is 1.47 bits per heavy atom. The first kappa shape index (κ1) is 19.4. The fourth-order valence-electron chi connectivity index (χ4n) is 3.01. The number of hydrogen-bond donors (Lipinski definition) is 1. The van der Waals surface area contributed by atoms with Crippen LogP contribution in [0.2, 0.25) is 0 Å². The maximum absolute atomic E-state index is 4.97. The third-order valence-corrected chi connectivity index (χ3v) is 5.86. The van der Waals surface area contributed by atoms with Crippen LogP contribution in [0.3, 0.4) is 0 Å². The number of unbranched alkanes of at least 4 members (excludes halogenated alkanes) is 1. The molecule has 0 aliphatic heterocycles.